The van der Waals surface area contributed by atoms with Crippen LogP contribution < -0.4 is 10.2 Å². The summed E-state index contributed by atoms with van der Waals surface area (Å²) in [4.78, 5) is 15.9. The molecule has 30 heavy (non-hydrogen) atoms. The summed E-state index contributed by atoms with van der Waals surface area (Å²) in [5, 5.41) is 13.3. The van der Waals surface area contributed by atoms with E-state index in [0.717, 1.165) is 67.4 Å². The van der Waals surface area contributed by atoms with Gasteiger partial charge in [-0.25, -0.2) is 9.97 Å². The van der Waals surface area contributed by atoms with E-state index >= 15 is 0 Å². The number of benzene rings is 1. The molecule has 0 aliphatic carbocycles. The highest BCUT2D eigenvalue weighted by Gasteiger charge is 2.21. The van der Waals surface area contributed by atoms with Crippen molar-refractivity contribution in [3.05, 3.63) is 35.2 Å². The number of halogens is 1. The Kier molecular flexibility index (Phi) is 6.70. The van der Waals surface area contributed by atoms with Crippen molar-refractivity contribution in [1.29, 1.82) is 0 Å². The predicted molar refractivity (Wildman–Crippen MR) is 123 cm³/mol. The van der Waals surface area contributed by atoms with E-state index < -0.39 is 0 Å². The Bertz CT molecular complexity index is 1000. The third-order valence-electron chi connectivity index (χ3n) is 5.41. The zero-order chi connectivity index (χ0) is 19.6. The number of anilines is 1. The van der Waals surface area contributed by atoms with Gasteiger partial charge in [-0.2, -0.15) is 0 Å². The van der Waals surface area contributed by atoms with Gasteiger partial charge in [0.15, 0.2) is 11.6 Å². The average molecular weight is 448 g/mol. The first-order valence-corrected chi connectivity index (χ1v) is 10.9. The summed E-state index contributed by atoms with van der Waals surface area (Å²) >= 11 is 1.80. The highest BCUT2D eigenvalue weighted by Crippen LogP contribution is 2.35. The van der Waals surface area contributed by atoms with Gasteiger partial charge in [-0.1, -0.05) is 12.1 Å². The lowest BCUT2D eigenvalue weighted by Crippen LogP contribution is -2.42. The number of phenols is 1. The van der Waals surface area contributed by atoms with Crippen molar-refractivity contribution >= 4 is 39.8 Å². The molecule has 0 saturated carbocycles. The molecule has 0 amide bonds. The van der Waals surface area contributed by atoms with Crippen molar-refractivity contribution in [2.45, 2.75) is 6.54 Å². The molecule has 2 N–H and O–H groups in total. The Morgan fingerprint density at radius 1 is 1.07 bits per heavy atom. The fourth-order valence-electron chi connectivity index (χ4n) is 3.90. The van der Waals surface area contributed by atoms with E-state index in [1.54, 1.807) is 23.5 Å². The number of ether oxygens (including phenoxy) is 1. The van der Waals surface area contributed by atoms with E-state index in [1.165, 1.54) is 4.88 Å². The highest BCUT2D eigenvalue weighted by atomic mass is 35.5. The fraction of sp³-hybridized carbons (Fsp3) is 0.429. The van der Waals surface area contributed by atoms with Crippen LogP contribution in [0.1, 0.15) is 4.88 Å². The first-order chi connectivity index (χ1) is 14.3. The topological polar surface area (TPSA) is 73.8 Å². The molecule has 2 aliphatic rings. The lowest BCUT2D eigenvalue weighted by atomic mass is 10.2. The fourth-order valence-corrected chi connectivity index (χ4v) is 5.05. The third-order valence-corrected chi connectivity index (χ3v) is 6.51. The summed E-state index contributed by atoms with van der Waals surface area (Å²) in [5.41, 5.74) is 1.81. The number of piperazine rings is 1. The van der Waals surface area contributed by atoms with Crippen molar-refractivity contribution in [2.24, 2.45) is 0 Å². The molecule has 0 atom stereocenters. The summed E-state index contributed by atoms with van der Waals surface area (Å²) in [6, 6.07) is 9.37. The molecule has 2 aromatic heterocycles. The molecule has 1 aromatic carbocycles. The van der Waals surface area contributed by atoms with Gasteiger partial charge in [-0.15, -0.1) is 23.7 Å². The molecule has 0 radical (unpaired) electrons. The number of fused-ring (bicyclic) bond motifs is 1. The minimum absolute atomic E-state index is 0. The van der Waals surface area contributed by atoms with Crippen molar-refractivity contribution in [3.8, 4) is 17.1 Å². The largest absolute Gasteiger partial charge is 0.508 e. The summed E-state index contributed by atoms with van der Waals surface area (Å²) < 4.78 is 6.68. The Morgan fingerprint density at radius 2 is 1.87 bits per heavy atom. The molecule has 7 nitrogen and oxygen atoms in total. The third kappa shape index (κ3) is 4.53. The Balaban J connectivity index is 0.00000218. The van der Waals surface area contributed by atoms with Gasteiger partial charge in [-0.05, 0) is 18.2 Å². The number of rotatable bonds is 4. The van der Waals surface area contributed by atoms with E-state index in [2.05, 4.69) is 21.2 Å². The summed E-state index contributed by atoms with van der Waals surface area (Å²) in [6.45, 7) is 8.28. The van der Waals surface area contributed by atoms with Crippen LogP contribution in [0.5, 0.6) is 5.75 Å². The molecular formula is C21H26ClN5O2S. The standard InChI is InChI=1S/C21H25N5O2S.ClH/c27-16-3-1-2-15(12-16)20-23-18-13-17(14-25-6-4-22-5-7-25)29-19(18)21(24-20)26-8-10-28-11-9-26;/h1-3,12-13,22,27H,4-11,14H2;1H. The monoisotopic (exact) mass is 447 g/mol. The number of phenolic OH excluding ortho intramolecular Hbond substituents is 1. The lowest BCUT2D eigenvalue weighted by Gasteiger charge is -2.28. The van der Waals surface area contributed by atoms with Gasteiger partial charge in [0.2, 0.25) is 0 Å². The van der Waals surface area contributed by atoms with Crippen molar-refractivity contribution in [3.63, 3.8) is 0 Å². The van der Waals surface area contributed by atoms with Crippen LogP contribution in [0.3, 0.4) is 0 Å². The number of thiophene rings is 1. The van der Waals surface area contributed by atoms with Gasteiger partial charge in [0.05, 0.1) is 23.4 Å². The maximum Gasteiger partial charge on any atom is 0.162 e. The quantitative estimate of drug-likeness (QED) is 0.637. The maximum absolute atomic E-state index is 9.90. The first-order valence-electron chi connectivity index (χ1n) is 10.1. The molecule has 3 aromatic rings. The van der Waals surface area contributed by atoms with Crippen LogP contribution in [0.25, 0.3) is 21.6 Å². The van der Waals surface area contributed by atoms with E-state index in [-0.39, 0.29) is 18.2 Å². The molecule has 2 fully saturated rings. The number of aromatic nitrogens is 2. The van der Waals surface area contributed by atoms with Crippen LogP contribution in [0, 0.1) is 0 Å². The van der Waals surface area contributed by atoms with Crippen LogP contribution in [0.15, 0.2) is 30.3 Å². The van der Waals surface area contributed by atoms with Gasteiger partial charge >= 0.3 is 0 Å². The number of hydrogen-bond donors (Lipinski definition) is 2. The molecule has 0 bridgehead atoms. The van der Waals surface area contributed by atoms with E-state index in [0.29, 0.717) is 19.0 Å². The van der Waals surface area contributed by atoms with Crippen molar-refractivity contribution in [1.82, 2.24) is 20.2 Å². The molecule has 9 heteroatoms. The van der Waals surface area contributed by atoms with Gasteiger partial charge in [0.1, 0.15) is 5.75 Å². The summed E-state index contributed by atoms with van der Waals surface area (Å²) in [5.74, 6) is 1.86. The van der Waals surface area contributed by atoms with Crippen LogP contribution in [-0.4, -0.2) is 72.5 Å². The van der Waals surface area contributed by atoms with Gasteiger partial charge in [-0.3, -0.25) is 4.90 Å². The minimum Gasteiger partial charge on any atom is -0.508 e. The van der Waals surface area contributed by atoms with E-state index in [1.807, 2.05) is 12.1 Å². The zero-order valence-electron chi connectivity index (χ0n) is 16.7. The summed E-state index contributed by atoms with van der Waals surface area (Å²) in [6.07, 6.45) is 0. The number of morpholine rings is 1. The zero-order valence-corrected chi connectivity index (χ0v) is 18.3. The Labute approximate surface area is 186 Å². The second kappa shape index (κ2) is 9.45. The first kappa shape index (κ1) is 21.3. The smallest absolute Gasteiger partial charge is 0.162 e. The highest BCUT2D eigenvalue weighted by molar-refractivity contribution is 7.19. The Hall–Kier alpha value is -1.97. The molecule has 0 unspecified atom stereocenters. The second-order valence-corrected chi connectivity index (χ2v) is 8.61. The molecule has 2 aliphatic heterocycles. The number of aromatic hydroxyl groups is 1. The van der Waals surface area contributed by atoms with E-state index in [9.17, 15) is 5.11 Å². The summed E-state index contributed by atoms with van der Waals surface area (Å²) in [7, 11) is 0. The van der Waals surface area contributed by atoms with Crippen molar-refractivity contribution < 1.29 is 9.84 Å². The molecular weight excluding hydrogens is 422 g/mol. The number of hydrogen-bond acceptors (Lipinski definition) is 8. The molecule has 4 heterocycles. The maximum atomic E-state index is 9.90. The van der Waals surface area contributed by atoms with Crippen LogP contribution in [0.2, 0.25) is 0 Å². The number of nitrogens with one attached hydrogen (secondary N) is 1. The van der Waals surface area contributed by atoms with Crippen molar-refractivity contribution in [2.75, 3.05) is 57.4 Å². The predicted octanol–water partition coefficient (Wildman–Crippen LogP) is 2.73. The van der Waals surface area contributed by atoms with Crippen LogP contribution >= 0.6 is 23.7 Å². The minimum atomic E-state index is 0. The molecule has 5 rings (SSSR count). The van der Waals surface area contributed by atoms with Crippen LogP contribution in [-0.2, 0) is 11.3 Å². The molecule has 160 valence electrons. The molecule has 2 saturated heterocycles. The second-order valence-electron chi connectivity index (χ2n) is 7.47. The van der Waals surface area contributed by atoms with Crippen LogP contribution in [0.4, 0.5) is 5.82 Å². The van der Waals surface area contributed by atoms with Gasteiger partial charge in [0.25, 0.3) is 0 Å². The normalized spacial score (nSPS) is 17.8. The Morgan fingerprint density at radius 3 is 2.63 bits per heavy atom. The lowest BCUT2D eigenvalue weighted by molar-refractivity contribution is 0.122. The van der Waals surface area contributed by atoms with Gasteiger partial charge < -0.3 is 20.1 Å². The SMILES string of the molecule is Cl.Oc1cccc(-c2nc(N3CCOCC3)c3sc(CN4CCNCC4)cc3n2)c1. The molecule has 0 spiro atoms. The van der Waals surface area contributed by atoms with E-state index in [4.69, 9.17) is 14.7 Å². The average Bonchev–Trinajstić information content (AvgIpc) is 3.16. The van der Waals surface area contributed by atoms with Gasteiger partial charge in [0, 0.05) is 56.3 Å². The number of nitrogens with zero attached hydrogens (tertiary/aromatic N) is 4.